The lowest BCUT2D eigenvalue weighted by Gasteiger charge is -2.05. The minimum absolute atomic E-state index is 0.292. The molecule has 0 bridgehead atoms. The third kappa shape index (κ3) is 1.83. The van der Waals surface area contributed by atoms with Crippen LogP contribution in [0.4, 0.5) is 0 Å². The lowest BCUT2D eigenvalue weighted by molar-refractivity contribution is 0.0520. The first-order valence-electron chi connectivity index (χ1n) is 8.20. The highest BCUT2D eigenvalue weighted by Crippen LogP contribution is 2.36. The summed E-state index contributed by atoms with van der Waals surface area (Å²) in [5.41, 5.74) is 6.10. The van der Waals surface area contributed by atoms with E-state index in [0.717, 1.165) is 16.5 Å². The molecule has 0 aliphatic heterocycles. The number of H-pyrrole nitrogens is 1. The molecule has 0 saturated carbocycles. The van der Waals surface area contributed by atoms with Crippen molar-refractivity contribution in [3.8, 4) is 0 Å². The molecule has 0 radical (unpaired) electrons. The van der Waals surface area contributed by atoms with Gasteiger partial charge in [-0.05, 0) is 44.0 Å². The van der Waals surface area contributed by atoms with E-state index in [0.29, 0.717) is 12.3 Å². The van der Waals surface area contributed by atoms with Crippen LogP contribution in [0.15, 0.2) is 30.3 Å². The minimum atomic E-state index is -0.292. The first-order valence-corrected chi connectivity index (χ1v) is 8.20. The number of hydrogen-bond donors (Lipinski definition) is 1. The van der Waals surface area contributed by atoms with Crippen LogP contribution >= 0.6 is 0 Å². The van der Waals surface area contributed by atoms with Gasteiger partial charge in [0.25, 0.3) is 0 Å². The van der Waals surface area contributed by atoms with E-state index in [2.05, 4.69) is 53.9 Å². The quantitative estimate of drug-likeness (QED) is 0.548. The second-order valence-corrected chi connectivity index (χ2v) is 6.24. The highest BCUT2D eigenvalue weighted by molar-refractivity contribution is 6.15. The van der Waals surface area contributed by atoms with Gasteiger partial charge in [-0.25, -0.2) is 4.79 Å². The maximum absolute atomic E-state index is 12.2. The van der Waals surface area contributed by atoms with E-state index < -0.39 is 0 Å². The van der Waals surface area contributed by atoms with Crippen LogP contribution in [-0.4, -0.2) is 22.1 Å². The standard InChI is InChI=1S/C20H20N2O2/c1-5-24-20(23)18-11(2)17-12(3)19-14(10-15(17)21-18)13-8-6-7-9-16(13)22(19)4/h6-10,21H,5H2,1-4H3. The number of hydrogen-bond acceptors (Lipinski definition) is 2. The summed E-state index contributed by atoms with van der Waals surface area (Å²) >= 11 is 0. The van der Waals surface area contributed by atoms with Crippen LogP contribution in [0, 0.1) is 13.8 Å². The number of aromatic nitrogens is 2. The Kier molecular flexibility index (Phi) is 3.17. The number of nitrogens with one attached hydrogen (secondary N) is 1. The fourth-order valence-corrected chi connectivity index (χ4v) is 3.90. The van der Waals surface area contributed by atoms with Crippen LogP contribution in [0.5, 0.6) is 0 Å². The number of fused-ring (bicyclic) bond motifs is 4. The Morgan fingerprint density at radius 3 is 2.67 bits per heavy atom. The number of carbonyl (C=O) groups is 1. The summed E-state index contributed by atoms with van der Waals surface area (Å²) in [7, 11) is 2.09. The highest BCUT2D eigenvalue weighted by Gasteiger charge is 2.20. The topological polar surface area (TPSA) is 47.0 Å². The van der Waals surface area contributed by atoms with Crippen LogP contribution in [0.3, 0.4) is 0 Å². The third-order valence-electron chi connectivity index (χ3n) is 4.92. The molecular weight excluding hydrogens is 300 g/mol. The van der Waals surface area contributed by atoms with E-state index >= 15 is 0 Å². The summed E-state index contributed by atoms with van der Waals surface area (Å²) in [6.45, 7) is 6.30. The molecular formula is C20H20N2O2. The summed E-state index contributed by atoms with van der Waals surface area (Å²) < 4.78 is 7.41. The van der Waals surface area contributed by atoms with Gasteiger partial charge in [-0.15, -0.1) is 0 Å². The molecule has 2 aromatic carbocycles. The predicted octanol–water partition coefficient (Wildman–Crippen LogP) is 4.61. The Hall–Kier alpha value is -2.75. The zero-order valence-corrected chi connectivity index (χ0v) is 14.4. The van der Waals surface area contributed by atoms with Gasteiger partial charge in [0.2, 0.25) is 0 Å². The van der Waals surface area contributed by atoms with Crippen molar-refractivity contribution in [3.63, 3.8) is 0 Å². The van der Waals surface area contributed by atoms with Gasteiger partial charge in [0.15, 0.2) is 0 Å². The average molecular weight is 320 g/mol. The summed E-state index contributed by atoms with van der Waals surface area (Å²) in [6.07, 6.45) is 0. The summed E-state index contributed by atoms with van der Waals surface area (Å²) in [5, 5.41) is 3.54. The predicted molar refractivity (Wildman–Crippen MR) is 97.7 cm³/mol. The smallest absolute Gasteiger partial charge is 0.355 e. The molecule has 1 N–H and O–H groups in total. The zero-order chi connectivity index (χ0) is 17.0. The summed E-state index contributed by atoms with van der Waals surface area (Å²) in [4.78, 5) is 15.5. The van der Waals surface area contributed by atoms with Crippen LogP contribution in [0.25, 0.3) is 32.7 Å². The maximum atomic E-state index is 12.2. The molecule has 2 heterocycles. The monoisotopic (exact) mass is 320 g/mol. The van der Waals surface area contributed by atoms with Crippen molar-refractivity contribution in [1.82, 2.24) is 9.55 Å². The van der Waals surface area contributed by atoms with E-state index in [1.807, 2.05) is 13.8 Å². The minimum Gasteiger partial charge on any atom is -0.461 e. The number of rotatable bonds is 2. The number of ether oxygens (including phenoxy) is 1. The SMILES string of the molecule is CCOC(=O)c1[nH]c2cc3c4ccccc4n(C)c3c(C)c2c1C. The van der Waals surface area contributed by atoms with Crippen LogP contribution < -0.4 is 0 Å². The molecule has 0 aliphatic rings. The third-order valence-corrected chi connectivity index (χ3v) is 4.92. The molecule has 24 heavy (non-hydrogen) atoms. The van der Waals surface area contributed by atoms with Gasteiger partial charge in [0, 0.05) is 34.2 Å². The molecule has 0 aliphatic carbocycles. The first kappa shape index (κ1) is 14.8. The fraction of sp³-hybridized carbons (Fsp3) is 0.250. The largest absolute Gasteiger partial charge is 0.461 e. The van der Waals surface area contributed by atoms with Crippen molar-refractivity contribution in [2.24, 2.45) is 7.05 Å². The Bertz CT molecular complexity index is 1120. The van der Waals surface area contributed by atoms with Gasteiger partial charge >= 0.3 is 5.97 Å². The molecule has 122 valence electrons. The van der Waals surface area contributed by atoms with Crippen LogP contribution in [0.1, 0.15) is 28.5 Å². The van der Waals surface area contributed by atoms with Crippen molar-refractivity contribution in [1.29, 1.82) is 0 Å². The van der Waals surface area contributed by atoms with E-state index in [1.54, 1.807) is 0 Å². The first-order chi connectivity index (χ1) is 11.5. The van der Waals surface area contributed by atoms with Gasteiger partial charge in [0.05, 0.1) is 12.1 Å². The lowest BCUT2D eigenvalue weighted by atomic mass is 10.0. The molecule has 0 atom stereocenters. The van der Waals surface area contributed by atoms with Crippen molar-refractivity contribution in [2.75, 3.05) is 6.61 Å². The van der Waals surface area contributed by atoms with Gasteiger partial charge < -0.3 is 14.3 Å². The number of esters is 1. The average Bonchev–Trinajstić information content (AvgIpc) is 3.05. The fourth-order valence-electron chi connectivity index (χ4n) is 3.90. The number of nitrogens with zero attached hydrogens (tertiary/aromatic N) is 1. The van der Waals surface area contributed by atoms with Crippen LogP contribution in [0.2, 0.25) is 0 Å². The lowest BCUT2D eigenvalue weighted by Crippen LogP contribution is -2.06. The van der Waals surface area contributed by atoms with Gasteiger partial charge in [0.1, 0.15) is 5.69 Å². The van der Waals surface area contributed by atoms with E-state index in [-0.39, 0.29) is 5.97 Å². The van der Waals surface area contributed by atoms with Gasteiger partial charge in [-0.1, -0.05) is 18.2 Å². The normalized spacial score (nSPS) is 11.7. The molecule has 0 amide bonds. The number of aryl methyl sites for hydroxylation is 3. The molecule has 4 nitrogen and oxygen atoms in total. The molecule has 4 aromatic rings. The number of carbonyl (C=O) groups excluding carboxylic acids is 1. The van der Waals surface area contributed by atoms with Gasteiger partial charge in [-0.2, -0.15) is 0 Å². The molecule has 4 heteroatoms. The van der Waals surface area contributed by atoms with Gasteiger partial charge in [-0.3, -0.25) is 0 Å². The zero-order valence-electron chi connectivity index (χ0n) is 14.4. The summed E-state index contributed by atoms with van der Waals surface area (Å²) in [6, 6.07) is 10.6. The van der Waals surface area contributed by atoms with Crippen molar-refractivity contribution >= 4 is 38.7 Å². The Labute approximate surface area is 140 Å². The van der Waals surface area contributed by atoms with E-state index in [4.69, 9.17) is 4.74 Å². The van der Waals surface area contributed by atoms with Crippen molar-refractivity contribution in [2.45, 2.75) is 20.8 Å². The molecule has 0 fully saturated rings. The second kappa shape index (κ2) is 5.13. The molecule has 0 unspecified atom stereocenters. The van der Waals surface area contributed by atoms with Crippen LogP contribution in [-0.2, 0) is 11.8 Å². The molecule has 4 rings (SSSR count). The number of aromatic amines is 1. The number of benzene rings is 2. The van der Waals surface area contributed by atoms with E-state index in [1.165, 1.54) is 27.4 Å². The Morgan fingerprint density at radius 1 is 1.17 bits per heavy atom. The maximum Gasteiger partial charge on any atom is 0.355 e. The Morgan fingerprint density at radius 2 is 1.92 bits per heavy atom. The molecule has 0 saturated heterocycles. The molecule has 0 spiro atoms. The van der Waals surface area contributed by atoms with E-state index in [9.17, 15) is 4.79 Å². The highest BCUT2D eigenvalue weighted by atomic mass is 16.5. The second-order valence-electron chi connectivity index (χ2n) is 6.24. The van der Waals surface area contributed by atoms with Crippen molar-refractivity contribution < 1.29 is 9.53 Å². The number of para-hydroxylation sites is 1. The molecule has 2 aromatic heterocycles. The summed E-state index contributed by atoms with van der Waals surface area (Å²) in [5.74, 6) is -0.292. The van der Waals surface area contributed by atoms with Crippen molar-refractivity contribution in [3.05, 3.63) is 47.2 Å². The Balaban J connectivity index is 2.13.